The average molecular weight is 570 g/mol. The van der Waals surface area contributed by atoms with Gasteiger partial charge in [0.25, 0.3) is 11.4 Å². The van der Waals surface area contributed by atoms with E-state index in [1.165, 1.54) is 0 Å². The van der Waals surface area contributed by atoms with Crippen LogP contribution in [0.25, 0.3) is 0 Å². The topological polar surface area (TPSA) is 228 Å². The Morgan fingerprint density at radius 1 is 0.750 bits per heavy atom. The number of nitrogens with zero attached hydrogens (tertiary/aromatic N) is 5. The van der Waals surface area contributed by atoms with Gasteiger partial charge in [0.2, 0.25) is 0 Å². The van der Waals surface area contributed by atoms with Gasteiger partial charge in [0.05, 0.1) is 26.9 Å². The van der Waals surface area contributed by atoms with Gasteiger partial charge in [-0.15, -0.1) is 0 Å². The maximum Gasteiger partial charge on any atom is 0.324 e. The van der Waals surface area contributed by atoms with Gasteiger partial charge in [0, 0.05) is 50.3 Å². The lowest BCUT2D eigenvalue weighted by Crippen LogP contribution is -2.52. The summed E-state index contributed by atoms with van der Waals surface area (Å²) in [6, 6.07) is 2.16. The molecule has 0 fully saturated rings. The van der Waals surface area contributed by atoms with Crippen LogP contribution >= 0.6 is 0 Å². The third kappa shape index (κ3) is 11.9. The maximum absolute atomic E-state index is 10.4. The van der Waals surface area contributed by atoms with Crippen molar-refractivity contribution in [2.75, 3.05) is 26.2 Å². The zero-order chi connectivity index (χ0) is 31.3. The fourth-order valence-electron chi connectivity index (χ4n) is 3.45. The second-order valence-electron chi connectivity index (χ2n) is 10.1. The predicted molar refractivity (Wildman–Crippen MR) is 153 cm³/mol. The van der Waals surface area contributed by atoms with E-state index in [0.29, 0.717) is 35.9 Å². The largest absolute Gasteiger partial charge is 0.497 e. The molecule has 0 aliphatic carbocycles. The molecular formula is C24H43N9O7. The molecule has 1 aromatic rings. The lowest BCUT2D eigenvalue weighted by molar-refractivity contribution is -0.404. The highest BCUT2D eigenvalue weighted by atomic mass is 16.6. The predicted octanol–water partition coefficient (Wildman–Crippen LogP) is 3.47. The lowest BCUT2D eigenvalue weighted by Gasteiger charge is -2.35. The molecule has 0 amide bonds. The van der Waals surface area contributed by atoms with Crippen LogP contribution in [0.3, 0.4) is 0 Å². The minimum atomic E-state index is -1.21. The fourth-order valence-corrected chi connectivity index (χ4v) is 3.45. The highest BCUT2D eigenvalue weighted by molar-refractivity contribution is 6.37. The van der Waals surface area contributed by atoms with E-state index in [1.807, 2.05) is 9.80 Å². The number of non-ortho nitro benzene ring substituents is 1. The van der Waals surface area contributed by atoms with Crippen molar-refractivity contribution in [3.63, 3.8) is 0 Å². The highest BCUT2D eigenvalue weighted by Crippen LogP contribution is 2.38. The molecular weight excluding hydrogens is 526 g/mol. The normalized spacial score (nSPS) is 10.9. The molecule has 1 aromatic carbocycles. The minimum absolute atomic E-state index is 0.203. The number of nitrogens with one attached hydrogen (secondary N) is 4. The van der Waals surface area contributed by atoms with Gasteiger partial charge in [0.1, 0.15) is 0 Å². The Morgan fingerprint density at radius 2 is 1.07 bits per heavy atom. The SMILES string of the molecule is CC(C)NCCN(C(=N)C(=N)N(CCNC(C)C)C(C)C)C(C)C.O=[N+]([O-])c1cc([N+](=O)[O-])c(O)c([N+](=O)[O-])c1. The maximum atomic E-state index is 10.4. The van der Waals surface area contributed by atoms with Gasteiger partial charge in [0.15, 0.2) is 11.7 Å². The standard InChI is InChI=1S/C18H40N6.C6H3N3O7/c1-13(2)21-9-11-23(15(5)6)17(19)18(20)24(16(7)8)12-10-22-14(3)4;10-6-4(8(13)14)1-3(7(11)12)2-5(6)9(15)16/h13-16,19-22H,9-12H2,1-8H3;1-2,10H. The summed E-state index contributed by atoms with van der Waals surface area (Å²) >= 11 is 0. The minimum Gasteiger partial charge on any atom is -0.497 e. The molecule has 0 aliphatic rings. The van der Waals surface area contributed by atoms with Crippen molar-refractivity contribution in [2.45, 2.75) is 79.6 Å². The average Bonchev–Trinajstić information content (AvgIpc) is 2.82. The number of phenols is 1. The lowest BCUT2D eigenvalue weighted by atomic mass is 10.2. The molecule has 16 heteroatoms. The molecule has 0 aromatic heterocycles. The number of benzene rings is 1. The molecule has 16 nitrogen and oxygen atoms in total. The van der Waals surface area contributed by atoms with Gasteiger partial charge >= 0.3 is 11.4 Å². The Balaban J connectivity index is 0.000000821. The van der Waals surface area contributed by atoms with Crippen molar-refractivity contribution in [1.29, 1.82) is 10.8 Å². The molecule has 0 bridgehead atoms. The van der Waals surface area contributed by atoms with E-state index in [2.05, 4.69) is 66.0 Å². The summed E-state index contributed by atoms with van der Waals surface area (Å²) in [5.41, 5.74) is -3.00. The Hall–Kier alpha value is -3.92. The number of aromatic hydroxyl groups is 1. The molecule has 0 saturated carbocycles. The van der Waals surface area contributed by atoms with Crippen molar-refractivity contribution in [1.82, 2.24) is 20.4 Å². The molecule has 1 rings (SSSR count). The fraction of sp³-hybridized carbons (Fsp3) is 0.667. The molecule has 0 radical (unpaired) electrons. The number of hydrogen-bond donors (Lipinski definition) is 5. The van der Waals surface area contributed by atoms with Crippen LogP contribution < -0.4 is 10.6 Å². The van der Waals surface area contributed by atoms with Gasteiger partial charge in [-0.25, -0.2) is 0 Å². The van der Waals surface area contributed by atoms with E-state index >= 15 is 0 Å². The first kappa shape index (κ1) is 36.1. The Bertz CT molecular complexity index is 975. The smallest absolute Gasteiger partial charge is 0.324 e. The quantitative estimate of drug-likeness (QED) is 0.0999. The molecule has 0 aliphatic heterocycles. The van der Waals surface area contributed by atoms with E-state index in [1.54, 1.807) is 0 Å². The number of rotatable bonds is 13. The second kappa shape index (κ2) is 16.9. The zero-order valence-electron chi connectivity index (χ0n) is 24.4. The summed E-state index contributed by atoms with van der Waals surface area (Å²) in [7, 11) is 0. The monoisotopic (exact) mass is 569 g/mol. The molecule has 0 atom stereocenters. The van der Waals surface area contributed by atoms with Crippen LogP contribution in [-0.4, -0.2) is 91.7 Å². The summed E-state index contributed by atoms with van der Waals surface area (Å²) in [6.45, 7) is 19.9. The number of phenolic OH excluding ortho intramolecular Hbond substituents is 1. The van der Waals surface area contributed by atoms with Crippen LogP contribution in [0.2, 0.25) is 0 Å². The summed E-state index contributed by atoms with van der Waals surface area (Å²) in [6.07, 6.45) is 0. The van der Waals surface area contributed by atoms with Crippen molar-refractivity contribution >= 4 is 28.7 Å². The number of amidine groups is 2. The first-order chi connectivity index (χ1) is 18.4. The zero-order valence-corrected chi connectivity index (χ0v) is 24.4. The van der Waals surface area contributed by atoms with Crippen LogP contribution in [0, 0.1) is 41.2 Å². The third-order valence-electron chi connectivity index (χ3n) is 5.51. The van der Waals surface area contributed by atoms with Crippen LogP contribution in [0.4, 0.5) is 17.1 Å². The number of nitro groups is 3. The van der Waals surface area contributed by atoms with Gasteiger partial charge in [-0.2, -0.15) is 0 Å². The number of nitro benzene ring substituents is 3. The van der Waals surface area contributed by atoms with Gasteiger partial charge in [-0.05, 0) is 27.7 Å². The molecule has 40 heavy (non-hydrogen) atoms. The highest BCUT2D eigenvalue weighted by Gasteiger charge is 2.30. The molecule has 0 spiro atoms. The van der Waals surface area contributed by atoms with Gasteiger partial charge < -0.3 is 25.5 Å². The third-order valence-corrected chi connectivity index (χ3v) is 5.51. The van der Waals surface area contributed by atoms with E-state index in [0.717, 1.165) is 26.2 Å². The van der Waals surface area contributed by atoms with Gasteiger partial charge in [-0.1, -0.05) is 27.7 Å². The van der Waals surface area contributed by atoms with E-state index in [-0.39, 0.29) is 12.1 Å². The molecule has 226 valence electrons. The van der Waals surface area contributed by atoms with Crippen LogP contribution in [0.5, 0.6) is 5.75 Å². The Labute approximate surface area is 234 Å². The van der Waals surface area contributed by atoms with E-state index < -0.39 is 37.6 Å². The first-order valence-electron chi connectivity index (χ1n) is 12.9. The summed E-state index contributed by atoms with van der Waals surface area (Å²) in [5.74, 6) is -0.580. The molecule has 5 N–H and O–H groups in total. The van der Waals surface area contributed by atoms with Crippen LogP contribution in [-0.2, 0) is 0 Å². The first-order valence-corrected chi connectivity index (χ1v) is 12.9. The van der Waals surface area contributed by atoms with Crippen molar-refractivity contribution in [2.24, 2.45) is 0 Å². The van der Waals surface area contributed by atoms with E-state index in [4.69, 9.17) is 15.9 Å². The second-order valence-corrected chi connectivity index (χ2v) is 10.1. The summed E-state index contributed by atoms with van der Waals surface area (Å²) in [5, 5.41) is 64.0. The Kier molecular flexibility index (Phi) is 15.3. The van der Waals surface area contributed by atoms with Crippen LogP contribution in [0.15, 0.2) is 12.1 Å². The summed E-state index contributed by atoms with van der Waals surface area (Å²) < 4.78 is 0. The summed E-state index contributed by atoms with van der Waals surface area (Å²) in [4.78, 5) is 31.8. The van der Waals surface area contributed by atoms with Crippen LogP contribution in [0.1, 0.15) is 55.4 Å². The Morgan fingerprint density at radius 3 is 1.30 bits per heavy atom. The van der Waals surface area contributed by atoms with Gasteiger partial charge in [-0.3, -0.25) is 41.2 Å². The van der Waals surface area contributed by atoms with Crippen molar-refractivity contribution in [3.05, 3.63) is 42.5 Å². The van der Waals surface area contributed by atoms with Crippen molar-refractivity contribution in [3.8, 4) is 5.75 Å². The van der Waals surface area contributed by atoms with Crippen molar-refractivity contribution < 1.29 is 19.9 Å². The number of hydrogen-bond acceptors (Lipinski definition) is 11. The molecule has 0 unspecified atom stereocenters. The molecule has 0 saturated heterocycles. The van der Waals surface area contributed by atoms with E-state index in [9.17, 15) is 30.3 Å². The molecule has 0 heterocycles.